The van der Waals surface area contributed by atoms with E-state index in [-0.39, 0.29) is 46.5 Å². The first-order valence-electron chi connectivity index (χ1n) is 11.6. The zero-order valence-corrected chi connectivity index (χ0v) is 26.7. The number of benzene rings is 1. The molecule has 0 heterocycles. The van der Waals surface area contributed by atoms with Crippen molar-refractivity contribution < 1.29 is 21.9 Å². The molecule has 3 aliphatic rings. The predicted octanol–water partition coefficient (Wildman–Crippen LogP) is 7.24. The molecule has 0 saturated heterocycles. The fourth-order valence-electron chi connectivity index (χ4n) is 5.49. The van der Waals surface area contributed by atoms with E-state index in [4.69, 9.17) is 0 Å². The molecule has 0 N–H and O–H groups in total. The van der Waals surface area contributed by atoms with Crippen molar-refractivity contribution in [1.82, 2.24) is 0 Å². The molecule has 0 aliphatic heterocycles. The average Bonchev–Trinajstić information content (AvgIpc) is 3.23. The molecule has 4 rings (SSSR count). The van der Waals surface area contributed by atoms with Crippen LogP contribution in [0.15, 0.2) is 62.5 Å². The molecular weight excluding hydrogens is 539 g/mol. The minimum absolute atomic E-state index is 0. The predicted molar refractivity (Wildman–Crippen MR) is 149 cm³/mol. The van der Waals surface area contributed by atoms with Gasteiger partial charge in [0.25, 0.3) is 0 Å². The van der Waals surface area contributed by atoms with E-state index in [9.17, 15) is 0 Å². The van der Waals surface area contributed by atoms with Gasteiger partial charge in [-0.05, 0) is 0 Å². The van der Waals surface area contributed by atoms with E-state index in [1.165, 1.54) is 27.1 Å². The molecule has 0 radical (unpaired) electrons. The molecule has 0 amide bonds. The Kier molecular flexibility index (Phi) is 8.67. The van der Waals surface area contributed by atoms with E-state index in [1.54, 1.807) is 11.1 Å². The van der Waals surface area contributed by atoms with E-state index in [0.29, 0.717) is 0 Å². The first-order chi connectivity index (χ1) is 14.4. The van der Waals surface area contributed by atoms with Gasteiger partial charge in [0.15, 0.2) is 0 Å². The van der Waals surface area contributed by atoms with E-state index in [0.717, 1.165) is 6.42 Å². The number of rotatable bonds is 2. The van der Waals surface area contributed by atoms with Gasteiger partial charge in [0.05, 0.1) is 0 Å². The summed E-state index contributed by atoms with van der Waals surface area (Å²) in [5.74, 6) is 0. The van der Waals surface area contributed by atoms with Crippen molar-refractivity contribution in [2.45, 2.75) is 73.4 Å². The summed E-state index contributed by atoms with van der Waals surface area (Å²) in [4.78, 5) is 0. The summed E-state index contributed by atoms with van der Waals surface area (Å²) >= 11 is -0.676. The van der Waals surface area contributed by atoms with Gasteiger partial charge in [-0.25, -0.2) is 0 Å². The zero-order valence-electron chi connectivity index (χ0n) is 21.6. The molecule has 0 aromatic heterocycles. The van der Waals surface area contributed by atoms with Crippen molar-refractivity contribution in [2.24, 2.45) is 10.8 Å². The van der Waals surface area contributed by atoms with Crippen LogP contribution in [-0.2, 0) is 27.3 Å². The van der Waals surface area contributed by atoms with Crippen LogP contribution in [0.1, 0.15) is 60.5 Å². The van der Waals surface area contributed by atoms with Gasteiger partial charge in [-0.2, -0.15) is 0 Å². The van der Waals surface area contributed by atoms with Crippen LogP contribution in [0.5, 0.6) is 0 Å². The summed E-state index contributed by atoms with van der Waals surface area (Å²) in [5.41, 5.74) is 7.80. The monoisotopic (exact) mass is 575 g/mol. The van der Waals surface area contributed by atoms with Crippen molar-refractivity contribution in [2.75, 3.05) is 0 Å². The van der Waals surface area contributed by atoms with Gasteiger partial charge >= 0.3 is 202 Å². The van der Waals surface area contributed by atoms with Crippen molar-refractivity contribution in [3.63, 3.8) is 0 Å². The van der Waals surface area contributed by atoms with Crippen LogP contribution in [0, 0.1) is 10.8 Å². The summed E-state index contributed by atoms with van der Waals surface area (Å²) in [6.07, 6.45) is 13.5. The van der Waals surface area contributed by atoms with Crippen molar-refractivity contribution in [1.29, 1.82) is 0 Å². The molecule has 177 valence electrons. The largest absolute Gasteiger partial charge is 0.147 e. The topological polar surface area (TPSA) is 0 Å². The second-order valence-electron chi connectivity index (χ2n) is 11.7. The van der Waals surface area contributed by atoms with Gasteiger partial charge < -0.3 is 0 Å². The maximum atomic E-state index is 2.62. The standard InChI is InChI=1S/C27H31.C2H6Si.2ClH.Zr/c1-18-9-8-10-24(18)27(26(5,6)7)14-13-23-20(17-27)15-19-16-21(25(2,3)4)11-12-22(19)23;1-3-2;;;/h8-9,11-16H,10H2,1-7H3;1-2H3;2*1H;. The van der Waals surface area contributed by atoms with Crippen molar-refractivity contribution in [3.05, 3.63) is 78.5 Å². The third kappa shape index (κ3) is 4.84. The molecule has 1 aromatic carbocycles. The summed E-state index contributed by atoms with van der Waals surface area (Å²) in [6, 6.07) is 7.19. The van der Waals surface area contributed by atoms with Gasteiger partial charge in [0.2, 0.25) is 0 Å². The van der Waals surface area contributed by atoms with E-state index < -0.39 is 21.9 Å². The Labute approximate surface area is 225 Å². The summed E-state index contributed by atoms with van der Waals surface area (Å²) in [5, 5.41) is 2.87. The molecule has 3 aliphatic carbocycles. The van der Waals surface area contributed by atoms with Crippen molar-refractivity contribution >= 4 is 41.9 Å². The first-order valence-corrected chi connectivity index (χ1v) is 19.0. The summed E-state index contributed by atoms with van der Waals surface area (Å²) in [6.45, 7) is 21.8. The minimum Gasteiger partial charge on any atom is -0.147 e. The molecule has 4 heteroatoms. The maximum Gasteiger partial charge on any atom is -0.147 e. The fraction of sp³-hybridized carbons (Fsp3) is 0.448. The summed E-state index contributed by atoms with van der Waals surface area (Å²) in [7, 11) is 0. The van der Waals surface area contributed by atoms with Crippen LogP contribution in [0.4, 0.5) is 0 Å². The molecule has 1 unspecified atom stereocenters. The third-order valence-corrected chi connectivity index (χ3v) is 15.1. The van der Waals surface area contributed by atoms with Crippen LogP contribution in [0.25, 0.3) is 11.6 Å². The molecule has 0 fully saturated rings. The van der Waals surface area contributed by atoms with Gasteiger partial charge in [0, 0.05) is 0 Å². The number of hydrogen-bond acceptors (Lipinski definition) is 0. The van der Waals surface area contributed by atoms with Crippen LogP contribution >= 0.6 is 24.8 Å². The Morgan fingerprint density at radius 1 is 0.939 bits per heavy atom. The molecule has 0 saturated carbocycles. The number of allylic oxidation sites excluding steroid dienone is 8. The number of halogens is 2. The Morgan fingerprint density at radius 2 is 1.61 bits per heavy atom. The average molecular weight is 578 g/mol. The minimum atomic E-state index is -0.676. The Balaban J connectivity index is 0.00000193. The van der Waals surface area contributed by atoms with Crippen LogP contribution in [0.2, 0.25) is 13.1 Å². The Bertz CT molecular complexity index is 1240. The second kappa shape index (κ2) is 9.93. The second-order valence-corrected chi connectivity index (χ2v) is 24.4. The van der Waals surface area contributed by atoms with Crippen LogP contribution < -0.4 is 10.4 Å². The molecule has 0 bridgehead atoms. The molecule has 0 spiro atoms. The third-order valence-electron chi connectivity index (χ3n) is 7.16. The van der Waals surface area contributed by atoms with Crippen LogP contribution in [-0.4, -0.2) is 5.43 Å². The van der Waals surface area contributed by atoms with E-state index in [1.807, 2.05) is 3.28 Å². The molecule has 1 aromatic rings. The van der Waals surface area contributed by atoms with Gasteiger partial charge in [-0.15, -0.1) is 24.8 Å². The molecule has 33 heavy (non-hydrogen) atoms. The first kappa shape index (κ1) is 28.8. The molecule has 0 nitrogen and oxygen atoms in total. The Morgan fingerprint density at radius 3 is 2.12 bits per heavy atom. The molecular formula is C29H39Cl2SiZr. The normalized spacial score (nSPS) is 21.2. The maximum absolute atomic E-state index is 2.62. The smallest absolute Gasteiger partial charge is 0.147 e. The van der Waals surface area contributed by atoms with E-state index >= 15 is 0 Å². The molecule has 1 atom stereocenters. The zero-order chi connectivity index (χ0) is 22.8. The fourth-order valence-corrected chi connectivity index (χ4v) is 14.5. The quantitative estimate of drug-likeness (QED) is 0.325. The van der Waals surface area contributed by atoms with Gasteiger partial charge in [-0.3, -0.25) is 0 Å². The van der Waals surface area contributed by atoms with Crippen molar-refractivity contribution in [3.8, 4) is 0 Å². The number of fused-ring (bicyclic) bond motifs is 2. The number of hydrogen-bond donors (Lipinski definition) is 0. The SMILES string of the molecule is CC1=C(C2(C(C)(C)C)C=CC3=c4ccc(C(C)(C)C)cc4=CC3=[C]2[Zr]=[Si](C)C)CC=C1.Cl.Cl. The van der Waals surface area contributed by atoms with E-state index in [2.05, 4.69) is 110 Å². The Hall–Kier alpha value is -0.400. The summed E-state index contributed by atoms with van der Waals surface area (Å²) < 4.78 is 1.84. The van der Waals surface area contributed by atoms with Gasteiger partial charge in [0.1, 0.15) is 0 Å². The van der Waals surface area contributed by atoms with Gasteiger partial charge in [-0.1, -0.05) is 0 Å². The van der Waals surface area contributed by atoms with Crippen LogP contribution in [0.3, 0.4) is 0 Å².